The van der Waals surface area contributed by atoms with Gasteiger partial charge in [0.15, 0.2) is 0 Å². The average Bonchev–Trinajstić information content (AvgIpc) is 2.45. The summed E-state index contributed by atoms with van der Waals surface area (Å²) < 4.78 is 5.27. The highest BCUT2D eigenvalue weighted by molar-refractivity contribution is 5.94. The van der Waals surface area contributed by atoms with Gasteiger partial charge in [-0.2, -0.15) is 0 Å². The van der Waals surface area contributed by atoms with Gasteiger partial charge in [-0.3, -0.25) is 0 Å². The van der Waals surface area contributed by atoms with Gasteiger partial charge in [-0.1, -0.05) is 18.2 Å². The van der Waals surface area contributed by atoms with Crippen molar-refractivity contribution in [2.24, 2.45) is 0 Å². The van der Waals surface area contributed by atoms with Crippen LogP contribution in [0.25, 0.3) is 0 Å². The second kappa shape index (κ2) is 5.97. The zero-order valence-corrected chi connectivity index (χ0v) is 11.1. The molecule has 0 saturated carbocycles. The molecule has 2 aromatic rings. The van der Waals surface area contributed by atoms with Crippen LogP contribution >= 0.6 is 0 Å². The molecule has 0 atom stereocenters. The first-order valence-corrected chi connectivity index (χ1v) is 6.10. The number of nitrogens with one attached hydrogen (secondary N) is 1. The summed E-state index contributed by atoms with van der Waals surface area (Å²) in [6.07, 6.45) is 0. The van der Waals surface area contributed by atoms with E-state index < -0.39 is 5.97 Å². The van der Waals surface area contributed by atoms with Crippen LogP contribution in [-0.4, -0.2) is 18.2 Å². The topological polar surface area (TPSA) is 84.6 Å². The highest BCUT2D eigenvalue weighted by atomic mass is 16.5. The van der Waals surface area contributed by atoms with Crippen LogP contribution in [-0.2, 0) is 6.54 Å². The van der Waals surface area contributed by atoms with Crippen LogP contribution in [0.3, 0.4) is 0 Å². The molecule has 0 heterocycles. The monoisotopic (exact) mass is 272 g/mol. The van der Waals surface area contributed by atoms with Crippen molar-refractivity contribution < 1.29 is 14.6 Å². The second-order valence-corrected chi connectivity index (χ2v) is 4.27. The number of para-hydroxylation sites is 1. The van der Waals surface area contributed by atoms with Crippen LogP contribution < -0.4 is 15.8 Å². The van der Waals surface area contributed by atoms with Crippen LogP contribution in [0.2, 0.25) is 0 Å². The summed E-state index contributed by atoms with van der Waals surface area (Å²) in [5.74, 6) is -0.228. The molecular formula is C15H16N2O3. The first-order valence-electron chi connectivity index (χ1n) is 6.10. The molecule has 0 aliphatic carbocycles. The normalized spacial score (nSPS) is 10.1. The van der Waals surface area contributed by atoms with Crippen molar-refractivity contribution in [2.45, 2.75) is 6.54 Å². The lowest BCUT2D eigenvalue weighted by Crippen LogP contribution is -2.05. The number of methoxy groups -OCH3 is 1. The standard InChI is InChI=1S/C15H16N2O3/c1-20-14-5-3-2-4-10(14)9-17-11-6-7-12(15(18)19)13(16)8-11/h2-8,17H,9,16H2,1H3,(H,18,19). The average molecular weight is 272 g/mol. The smallest absolute Gasteiger partial charge is 0.337 e. The van der Waals surface area contributed by atoms with Crippen molar-refractivity contribution in [3.63, 3.8) is 0 Å². The summed E-state index contributed by atoms with van der Waals surface area (Å²) in [5, 5.41) is 12.1. The fourth-order valence-corrected chi connectivity index (χ4v) is 1.91. The highest BCUT2D eigenvalue weighted by Crippen LogP contribution is 2.21. The molecule has 5 heteroatoms. The molecular weight excluding hydrogens is 256 g/mol. The van der Waals surface area contributed by atoms with Crippen molar-refractivity contribution >= 4 is 17.3 Å². The van der Waals surface area contributed by atoms with E-state index in [-0.39, 0.29) is 11.3 Å². The minimum Gasteiger partial charge on any atom is -0.496 e. The molecule has 0 unspecified atom stereocenters. The number of rotatable bonds is 5. The zero-order valence-electron chi connectivity index (χ0n) is 11.1. The summed E-state index contributed by atoms with van der Waals surface area (Å²) in [7, 11) is 1.62. The number of ether oxygens (including phenoxy) is 1. The van der Waals surface area contributed by atoms with E-state index in [2.05, 4.69) is 5.32 Å². The number of hydrogen-bond donors (Lipinski definition) is 3. The van der Waals surface area contributed by atoms with E-state index >= 15 is 0 Å². The number of carboxylic acid groups (broad SMARTS) is 1. The van der Waals surface area contributed by atoms with E-state index in [0.29, 0.717) is 6.54 Å². The molecule has 0 saturated heterocycles. The number of nitrogens with two attached hydrogens (primary N) is 1. The summed E-state index contributed by atoms with van der Waals surface area (Å²) in [4.78, 5) is 10.9. The quantitative estimate of drug-likeness (QED) is 0.728. The van der Waals surface area contributed by atoms with Gasteiger partial charge in [-0.25, -0.2) is 4.79 Å². The Hall–Kier alpha value is -2.69. The van der Waals surface area contributed by atoms with Gasteiger partial charge in [0.25, 0.3) is 0 Å². The van der Waals surface area contributed by atoms with E-state index in [1.54, 1.807) is 19.2 Å². The number of benzene rings is 2. The molecule has 0 radical (unpaired) electrons. The molecule has 5 nitrogen and oxygen atoms in total. The Balaban J connectivity index is 2.11. The Morgan fingerprint density at radius 1 is 1.30 bits per heavy atom. The maximum Gasteiger partial charge on any atom is 0.337 e. The van der Waals surface area contributed by atoms with Crippen LogP contribution in [0, 0.1) is 0 Å². The lowest BCUT2D eigenvalue weighted by molar-refractivity contribution is 0.0698. The molecule has 2 rings (SSSR count). The van der Waals surface area contributed by atoms with Gasteiger partial charge in [-0.15, -0.1) is 0 Å². The predicted molar refractivity (Wildman–Crippen MR) is 78.1 cm³/mol. The van der Waals surface area contributed by atoms with Gasteiger partial charge in [0.1, 0.15) is 5.75 Å². The van der Waals surface area contributed by atoms with Crippen LogP contribution in [0.15, 0.2) is 42.5 Å². The zero-order chi connectivity index (χ0) is 14.5. The number of nitrogen functional groups attached to an aromatic ring is 1. The van der Waals surface area contributed by atoms with E-state index in [4.69, 9.17) is 15.6 Å². The van der Waals surface area contributed by atoms with Crippen LogP contribution in [0.5, 0.6) is 5.75 Å². The summed E-state index contributed by atoms with van der Waals surface area (Å²) in [6, 6.07) is 12.5. The third-order valence-electron chi connectivity index (χ3n) is 2.96. The Bertz CT molecular complexity index is 626. The van der Waals surface area contributed by atoms with Crippen LogP contribution in [0.1, 0.15) is 15.9 Å². The number of carboxylic acids is 1. The number of carbonyl (C=O) groups is 1. The van der Waals surface area contributed by atoms with Gasteiger partial charge in [0.2, 0.25) is 0 Å². The molecule has 104 valence electrons. The molecule has 0 spiro atoms. The Labute approximate surface area is 117 Å². The third kappa shape index (κ3) is 3.00. The molecule has 0 aromatic heterocycles. The summed E-state index contributed by atoms with van der Waals surface area (Å²) in [5.41, 5.74) is 7.82. The SMILES string of the molecule is COc1ccccc1CNc1ccc(C(=O)O)c(N)c1. The minimum absolute atomic E-state index is 0.104. The molecule has 0 amide bonds. The van der Waals surface area contributed by atoms with Crippen molar-refractivity contribution in [3.05, 3.63) is 53.6 Å². The Kier molecular flexibility index (Phi) is 4.10. The van der Waals surface area contributed by atoms with E-state index in [9.17, 15) is 4.79 Å². The number of aromatic carboxylic acids is 1. The maximum absolute atomic E-state index is 10.9. The summed E-state index contributed by atoms with van der Waals surface area (Å²) >= 11 is 0. The lowest BCUT2D eigenvalue weighted by atomic mass is 10.1. The van der Waals surface area contributed by atoms with Crippen molar-refractivity contribution in [1.29, 1.82) is 0 Å². The largest absolute Gasteiger partial charge is 0.496 e. The fraction of sp³-hybridized carbons (Fsp3) is 0.133. The highest BCUT2D eigenvalue weighted by Gasteiger charge is 2.08. The van der Waals surface area contributed by atoms with Gasteiger partial charge in [0, 0.05) is 23.5 Å². The van der Waals surface area contributed by atoms with Crippen molar-refractivity contribution in [3.8, 4) is 5.75 Å². The number of anilines is 2. The van der Waals surface area contributed by atoms with E-state index in [0.717, 1.165) is 17.0 Å². The predicted octanol–water partition coefficient (Wildman–Crippen LogP) is 2.59. The number of hydrogen-bond acceptors (Lipinski definition) is 4. The molecule has 20 heavy (non-hydrogen) atoms. The second-order valence-electron chi connectivity index (χ2n) is 4.27. The first kappa shape index (κ1) is 13.7. The van der Waals surface area contributed by atoms with Crippen LogP contribution in [0.4, 0.5) is 11.4 Å². The molecule has 0 aliphatic heterocycles. The Morgan fingerprint density at radius 3 is 2.70 bits per heavy atom. The van der Waals surface area contributed by atoms with E-state index in [1.165, 1.54) is 6.07 Å². The van der Waals surface area contributed by atoms with Gasteiger partial charge in [-0.05, 0) is 24.3 Å². The molecule has 0 bridgehead atoms. The van der Waals surface area contributed by atoms with E-state index in [1.807, 2.05) is 24.3 Å². The fourth-order valence-electron chi connectivity index (χ4n) is 1.91. The summed E-state index contributed by atoms with van der Waals surface area (Å²) in [6.45, 7) is 0.565. The Morgan fingerprint density at radius 2 is 2.05 bits per heavy atom. The van der Waals surface area contributed by atoms with Crippen molar-refractivity contribution in [1.82, 2.24) is 0 Å². The maximum atomic E-state index is 10.9. The minimum atomic E-state index is -1.03. The molecule has 4 N–H and O–H groups in total. The molecule has 2 aromatic carbocycles. The molecule has 0 aliphatic rings. The van der Waals surface area contributed by atoms with Gasteiger partial charge >= 0.3 is 5.97 Å². The first-order chi connectivity index (χ1) is 9.61. The van der Waals surface area contributed by atoms with Gasteiger partial charge in [0.05, 0.1) is 12.7 Å². The molecule has 0 fully saturated rings. The van der Waals surface area contributed by atoms with Crippen molar-refractivity contribution in [2.75, 3.05) is 18.2 Å². The lowest BCUT2D eigenvalue weighted by Gasteiger charge is -2.11. The third-order valence-corrected chi connectivity index (χ3v) is 2.96. The van der Waals surface area contributed by atoms with Gasteiger partial charge < -0.3 is 20.9 Å².